The molecule has 1 aliphatic heterocycles. The summed E-state index contributed by atoms with van der Waals surface area (Å²) in [5, 5.41) is 0. The lowest BCUT2D eigenvalue weighted by Crippen LogP contribution is -2.30. The number of ether oxygens (including phenoxy) is 1. The number of carbonyl (C=O) groups excluding carboxylic acids is 1. The molecule has 1 atom stereocenters. The summed E-state index contributed by atoms with van der Waals surface area (Å²) < 4.78 is 6.04. The highest BCUT2D eigenvalue weighted by Crippen LogP contribution is 2.25. The van der Waals surface area contributed by atoms with Crippen molar-refractivity contribution in [2.75, 3.05) is 19.6 Å². The van der Waals surface area contributed by atoms with Crippen molar-refractivity contribution in [1.29, 1.82) is 0 Å². The van der Waals surface area contributed by atoms with Crippen LogP contribution >= 0.6 is 12.4 Å². The quantitative estimate of drug-likeness (QED) is 0.855. The largest absolute Gasteiger partial charge is 0.490 e. The van der Waals surface area contributed by atoms with Gasteiger partial charge in [-0.05, 0) is 68.7 Å². The Morgan fingerprint density at radius 2 is 2.04 bits per heavy atom. The molecular weight excluding hydrogens is 324 g/mol. The summed E-state index contributed by atoms with van der Waals surface area (Å²) in [5.74, 6) is 1.69. The van der Waals surface area contributed by atoms with E-state index in [0.717, 1.165) is 31.7 Å². The van der Waals surface area contributed by atoms with E-state index >= 15 is 0 Å². The van der Waals surface area contributed by atoms with Gasteiger partial charge >= 0.3 is 0 Å². The molecule has 0 radical (unpaired) electrons. The highest BCUT2D eigenvalue weighted by Gasteiger charge is 2.24. The van der Waals surface area contributed by atoms with Crippen LogP contribution in [0, 0.1) is 5.92 Å². The Kier molecular flexibility index (Phi) is 7.38. The summed E-state index contributed by atoms with van der Waals surface area (Å²) in [7, 11) is 0. The Bertz CT molecular complexity index is 532. The Balaban J connectivity index is 0.00000208. The number of amides is 1. The molecule has 4 nitrogen and oxygen atoms in total. The van der Waals surface area contributed by atoms with Gasteiger partial charge in [-0.2, -0.15) is 0 Å². The van der Waals surface area contributed by atoms with Gasteiger partial charge < -0.3 is 15.4 Å². The lowest BCUT2D eigenvalue weighted by Gasteiger charge is -2.17. The van der Waals surface area contributed by atoms with Crippen LogP contribution in [0.15, 0.2) is 24.3 Å². The van der Waals surface area contributed by atoms with Crippen LogP contribution in [0.5, 0.6) is 5.75 Å². The molecule has 134 valence electrons. The second kappa shape index (κ2) is 9.28. The molecule has 1 heterocycles. The molecule has 24 heavy (non-hydrogen) atoms. The highest BCUT2D eigenvalue weighted by atomic mass is 35.5. The molecule has 0 bridgehead atoms. The molecule has 2 aliphatic rings. The van der Waals surface area contributed by atoms with Gasteiger partial charge in [0.2, 0.25) is 5.91 Å². The minimum Gasteiger partial charge on any atom is -0.490 e. The Morgan fingerprint density at radius 1 is 1.25 bits per heavy atom. The van der Waals surface area contributed by atoms with Gasteiger partial charge in [-0.3, -0.25) is 4.79 Å². The zero-order valence-corrected chi connectivity index (χ0v) is 15.1. The molecular formula is C19H29ClN2O2. The zero-order chi connectivity index (χ0) is 16.1. The van der Waals surface area contributed by atoms with Crippen molar-refractivity contribution in [2.45, 2.75) is 51.0 Å². The van der Waals surface area contributed by atoms with Crippen LogP contribution in [-0.4, -0.2) is 36.5 Å². The predicted molar refractivity (Wildman–Crippen MR) is 98.6 cm³/mol. The molecule has 1 amide bonds. The minimum absolute atomic E-state index is 0. The van der Waals surface area contributed by atoms with Crippen LogP contribution in [0.4, 0.5) is 0 Å². The fourth-order valence-corrected chi connectivity index (χ4v) is 3.63. The van der Waals surface area contributed by atoms with Crippen molar-refractivity contribution in [3.63, 3.8) is 0 Å². The summed E-state index contributed by atoms with van der Waals surface area (Å²) in [4.78, 5) is 14.3. The van der Waals surface area contributed by atoms with Crippen LogP contribution in [-0.2, 0) is 11.2 Å². The lowest BCUT2D eigenvalue weighted by molar-refractivity contribution is -0.130. The monoisotopic (exact) mass is 352 g/mol. The van der Waals surface area contributed by atoms with Gasteiger partial charge in [0.1, 0.15) is 5.75 Å². The van der Waals surface area contributed by atoms with Gasteiger partial charge in [0, 0.05) is 19.5 Å². The smallest absolute Gasteiger partial charge is 0.222 e. The van der Waals surface area contributed by atoms with E-state index in [1.54, 1.807) is 0 Å². The fourth-order valence-electron chi connectivity index (χ4n) is 3.63. The number of aryl methyl sites for hydroxylation is 1. The van der Waals surface area contributed by atoms with E-state index in [4.69, 9.17) is 10.5 Å². The molecule has 1 aromatic rings. The highest BCUT2D eigenvalue weighted by molar-refractivity contribution is 5.85. The van der Waals surface area contributed by atoms with Crippen LogP contribution in [0.3, 0.4) is 0 Å². The molecule has 3 rings (SSSR count). The van der Waals surface area contributed by atoms with E-state index in [2.05, 4.69) is 12.1 Å². The first-order valence-corrected chi connectivity index (χ1v) is 8.98. The van der Waals surface area contributed by atoms with Crippen molar-refractivity contribution >= 4 is 18.3 Å². The maximum atomic E-state index is 12.3. The van der Waals surface area contributed by atoms with E-state index in [-0.39, 0.29) is 18.3 Å². The molecule has 1 saturated carbocycles. The molecule has 2 fully saturated rings. The fraction of sp³-hybridized carbons (Fsp3) is 0.632. The third kappa shape index (κ3) is 5.12. The van der Waals surface area contributed by atoms with Crippen molar-refractivity contribution in [3.05, 3.63) is 29.8 Å². The number of likely N-dealkylation sites (tertiary alicyclic amines) is 1. The number of hydrogen-bond donors (Lipinski definition) is 1. The van der Waals surface area contributed by atoms with Crippen molar-refractivity contribution in [2.24, 2.45) is 11.7 Å². The average molecular weight is 353 g/mol. The normalized spacial score (nSPS) is 20.9. The second-order valence-corrected chi connectivity index (χ2v) is 6.90. The van der Waals surface area contributed by atoms with Gasteiger partial charge in [-0.25, -0.2) is 0 Å². The van der Waals surface area contributed by atoms with Crippen LogP contribution in [0.25, 0.3) is 0 Å². The van der Waals surface area contributed by atoms with Crippen molar-refractivity contribution < 1.29 is 9.53 Å². The molecule has 1 aliphatic carbocycles. The molecule has 0 aromatic heterocycles. The zero-order valence-electron chi connectivity index (χ0n) is 14.3. The average Bonchev–Trinajstić information content (AvgIpc) is 3.24. The SMILES string of the molecule is Cl.NCC1CCN(C(=O)CCc2cccc(OC3CCCC3)c2)C1. The van der Waals surface area contributed by atoms with Crippen molar-refractivity contribution in [3.8, 4) is 5.75 Å². The molecule has 1 aromatic carbocycles. The van der Waals surface area contributed by atoms with Crippen LogP contribution in [0.2, 0.25) is 0 Å². The first kappa shape index (κ1) is 19.1. The van der Waals surface area contributed by atoms with Crippen molar-refractivity contribution in [1.82, 2.24) is 4.90 Å². The molecule has 0 spiro atoms. The Morgan fingerprint density at radius 3 is 2.75 bits per heavy atom. The van der Waals surface area contributed by atoms with Crippen LogP contribution in [0.1, 0.15) is 44.1 Å². The first-order valence-electron chi connectivity index (χ1n) is 8.98. The van der Waals surface area contributed by atoms with Gasteiger partial charge in [-0.1, -0.05) is 12.1 Å². The predicted octanol–water partition coefficient (Wildman–Crippen LogP) is 3.17. The Labute approximate surface area is 151 Å². The third-order valence-corrected chi connectivity index (χ3v) is 5.10. The number of carbonyl (C=O) groups is 1. The molecule has 5 heteroatoms. The second-order valence-electron chi connectivity index (χ2n) is 6.90. The summed E-state index contributed by atoms with van der Waals surface area (Å²) in [6.45, 7) is 2.38. The van der Waals surface area contributed by atoms with Gasteiger partial charge in [0.15, 0.2) is 0 Å². The number of nitrogens with zero attached hydrogens (tertiary/aromatic N) is 1. The Hall–Kier alpha value is -1.26. The maximum absolute atomic E-state index is 12.3. The standard InChI is InChI=1S/C19H28N2O2.ClH/c20-13-16-10-11-21(14-16)19(22)9-8-15-4-3-7-18(12-15)23-17-5-1-2-6-17;/h3-4,7,12,16-17H,1-2,5-6,8-11,13-14,20H2;1H. The number of halogens is 1. The minimum atomic E-state index is 0. The summed E-state index contributed by atoms with van der Waals surface area (Å²) in [6, 6.07) is 8.24. The summed E-state index contributed by atoms with van der Waals surface area (Å²) >= 11 is 0. The number of hydrogen-bond acceptors (Lipinski definition) is 3. The third-order valence-electron chi connectivity index (χ3n) is 5.10. The van der Waals surface area contributed by atoms with E-state index in [1.807, 2.05) is 17.0 Å². The number of benzene rings is 1. The number of nitrogens with two attached hydrogens (primary N) is 1. The van der Waals surface area contributed by atoms with Gasteiger partial charge in [0.05, 0.1) is 6.10 Å². The van der Waals surface area contributed by atoms with Gasteiger partial charge in [0.25, 0.3) is 0 Å². The first-order chi connectivity index (χ1) is 11.2. The lowest BCUT2D eigenvalue weighted by atomic mass is 10.1. The van der Waals surface area contributed by atoms with Crippen LogP contribution < -0.4 is 10.5 Å². The molecule has 1 saturated heterocycles. The maximum Gasteiger partial charge on any atom is 0.222 e. The molecule has 1 unspecified atom stereocenters. The van der Waals surface area contributed by atoms with Gasteiger partial charge in [-0.15, -0.1) is 12.4 Å². The van der Waals surface area contributed by atoms with E-state index in [0.29, 0.717) is 25.0 Å². The molecule has 2 N–H and O–H groups in total. The topological polar surface area (TPSA) is 55.6 Å². The number of rotatable bonds is 6. The van der Waals surface area contributed by atoms with E-state index in [9.17, 15) is 4.79 Å². The van der Waals surface area contributed by atoms with E-state index < -0.39 is 0 Å². The van der Waals surface area contributed by atoms with E-state index in [1.165, 1.54) is 31.2 Å². The summed E-state index contributed by atoms with van der Waals surface area (Å²) in [5.41, 5.74) is 6.88. The summed E-state index contributed by atoms with van der Waals surface area (Å²) in [6.07, 6.45) is 7.67.